The summed E-state index contributed by atoms with van der Waals surface area (Å²) in [6.45, 7) is -0.243. The summed E-state index contributed by atoms with van der Waals surface area (Å²) in [6.07, 6.45) is 0. The molecule has 1 amide bonds. The van der Waals surface area contributed by atoms with Crippen LogP contribution in [0, 0.1) is 11.6 Å². The maximum absolute atomic E-state index is 13.7. The molecule has 0 aromatic heterocycles. The van der Waals surface area contributed by atoms with Gasteiger partial charge >= 0.3 is 0 Å². The molecule has 1 aromatic carbocycles. The van der Waals surface area contributed by atoms with E-state index >= 15 is 0 Å². The van der Waals surface area contributed by atoms with Gasteiger partial charge in [-0.2, -0.15) is 0 Å². The van der Waals surface area contributed by atoms with E-state index in [1.54, 1.807) is 0 Å². The van der Waals surface area contributed by atoms with Crippen molar-refractivity contribution < 1.29 is 18.7 Å². The van der Waals surface area contributed by atoms with Crippen molar-refractivity contribution >= 4 is 11.6 Å². The molecular weight excluding hydrogens is 230 g/mol. The Morgan fingerprint density at radius 3 is 2.76 bits per heavy atom. The Balaban J connectivity index is 2.56. The number of benzene rings is 1. The van der Waals surface area contributed by atoms with Crippen molar-refractivity contribution in [3.05, 3.63) is 29.3 Å². The number of halogens is 2. The number of carbonyl (C=O) groups excluding carboxylic acids is 1. The van der Waals surface area contributed by atoms with Crippen LogP contribution >= 0.6 is 0 Å². The predicted molar refractivity (Wildman–Crippen MR) is 57.6 cm³/mol. The number of aliphatic hydroxyl groups is 1. The highest BCUT2D eigenvalue weighted by Gasteiger charge is 2.38. The van der Waals surface area contributed by atoms with Crippen LogP contribution in [0.1, 0.15) is 11.6 Å². The first-order chi connectivity index (χ1) is 8.10. The quantitative estimate of drug-likeness (QED) is 0.814. The fraction of sp³-hybridized carbons (Fsp3) is 0.364. The number of amides is 1. The normalized spacial score (nSPS) is 18.7. The molecule has 1 heterocycles. The number of nitrogens with one attached hydrogen (secondary N) is 1. The number of aliphatic hydroxyl groups excluding tert-OH is 1. The third-order valence-corrected chi connectivity index (χ3v) is 2.78. The van der Waals surface area contributed by atoms with E-state index in [-0.39, 0.29) is 30.3 Å². The summed E-state index contributed by atoms with van der Waals surface area (Å²) in [4.78, 5) is 13.1. The summed E-state index contributed by atoms with van der Waals surface area (Å²) in [7, 11) is 1.53. The largest absolute Gasteiger partial charge is 0.395 e. The number of hydrogen-bond donors (Lipinski definition) is 2. The van der Waals surface area contributed by atoms with E-state index in [0.29, 0.717) is 0 Å². The molecule has 0 saturated heterocycles. The molecule has 92 valence electrons. The third kappa shape index (κ3) is 1.79. The number of rotatable bonds is 3. The van der Waals surface area contributed by atoms with Crippen molar-refractivity contribution in [1.82, 2.24) is 5.32 Å². The molecule has 1 aromatic rings. The van der Waals surface area contributed by atoms with Gasteiger partial charge in [0.25, 0.3) is 0 Å². The van der Waals surface area contributed by atoms with Crippen LogP contribution in [0.5, 0.6) is 0 Å². The Labute approximate surface area is 96.8 Å². The van der Waals surface area contributed by atoms with Crippen molar-refractivity contribution in [2.24, 2.45) is 0 Å². The van der Waals surface area contributed by atoms with Crippen molar-refractivity contribution in [3.63, 3.8) is 0 Å². The highest BCUT2D eigenvalue weighted by Crippen LogP contribution is 2.37. The molecule has 0 radical (unpaired) electrons. The van der Waals surface area contributed by atoms with Crippen LogP contribution in [0.15, 0.2) is 12.1 Å². The maximum Gasteiger partial charge on any atom is 0.248 e. The Bertz CT molecular complexity index is 465. The van der Waals surface area contributed by atoms with E-state index in [0.717, 1.165) is 12.1 Å². The van der Waals surface area contributed by atoms with Crippen molar-refractivity contribution in [2.45, 2.75) is 6.04 Å². The number of anilines is 1. The molecule has 17 heavy (non-hydrogen) atoms. The molecule has 6 heteroatoms. The highest BCUT2D eigenvalue weighted by molar-refractivity contribution is 6.04. The highest BCUT2D eigenvalue weighted by atomic mass is 19.1. The maximum atomic E-state index is 13.7. The first-order valence-electron chi connectivity index (χ1n) is 5.18. The predicted octanol–water partition coefficient (Wildman–Crippen LogP) is 0.564. The fourth-order valence-electron chi connectivity index (χ4n) is 2.08. The standard InChI is InChI=1S/C11H12F2N2O2/c1-14-10-9-7(13)4-6(12)5-8(9)15(2-3-16)11(10)17/h4-5,10,14,16H,2-3H2,1H3. The lowest BCUT2D eigenvalue weighted by atomic mass is 10.1. The Morgan fingerprint density at radius 2 is 2.18 bits per heavy atom. The zero-order valence-corrected chi connectivity index (χ0v) is 9.20. The summed E-state index contributed by atoms with van der Waals surface area (Å²) in [5.74, 6) is -1.89. The summed E-state index contributed by atoms with van der Waals surface area (Å²) in [6, 6.07) is 1.03. The number of likely N-dealkylation sites (N-methyl/N-ethyl adjacent to an activating group) is 1. The van der Waals surface area contributed by atoms with Crippen molar-refractivity contribution in [3.8, 4) is 0 Å². The van der Waals surface area contributed by atoms with Gasteiger partial charge in [-0.1, -0.05) is 0 Å². The van der Waals surface area contributed by atoms with Gasteiger partial charge in [-0.05, 0) is 13.1 Å². The molecule has 0 aliphatic carbocycles. The lowest BCUT2D eigenvalue weighted by Crippen LogP contribution is -2.35. The smallest absolute Gasteiger partial charge is 0.248 e. The molecule has 1 aliphatic rings. The monoisotopic (exact) mass is 242 g/mol. The van der Waals surface area contributed by atoms with Gasteiger partial charge in [0.1, 0.15) is 17.7 Å². The molecule has 4 nitrogen and oxygen atoms in total. The molecule has 0 fully saturated rings. The number of β-amino-alcohol motifs (C(OH)–C–C–N with tert-alkyl or cyclic N) is 1. The van der Waals surface area contributed by atoms with E-state index in [1.165, 1.54) is 11.9 Å². The van der Waals surface area contributed by atoms with Crippen LogP contribution < -0.4 is 10.2 Å². The molecule has 1 unspecified atom stereocenters. The molecule has 0 spiro atoms. The molecular formula is C11H12F2N2O2. The van der Waals surface area contributed by atoms with E-state index in [1.807, 2.05) is 0 Å². The van der Waals surface area contributed by atoms with Crippen LogP contribution in [0.25, 0.3) is 0 Å². The van der Waals surface area contributed by atoms with Crippen molar-refractivity contribution in [1.29, 1.82) is 0 Å². The van der Waals surface area contributed by atoms with Crippen LogP contribution in [0.3, 0.4) is 0 Å². The van der Waals surface area contributed by atoms with E-state index in [2.05, 4.69) is 5.32 Å². The third-order valence-electron chi connectivity index (χ3n) is 2.78. The fourth-order valence-corrected chi connectivity index (χ4v) is 2.08. The second kappa shape index (κ2) is 4.38. The second-order valence-electron chi connectivity index (χ2n) is 3.76. The summed E-state index contributed by atoms with van der Waals surface area (Å²) >= 11 is 0. The molecule has 1 aliphatic heterocycles. The van der Waals surface area contributed by atoms with Crippen LogP contribution in [0.2, 0.25) is 0 Å². The Kier molecular flexibility index (Phi) is 3.08. The topological polar surface area (TPSA) is 52.6 Å². The molecule has 0 saturated carbocycles. The van der Waals surface area contributed by atoms with Crippen molar-refractivity contribution in [2.75, 3.05) is 25.1 Å². The minimum atomic E-state index is -0.822. The molecule has 1 atom stereocenters. The zero-order valence-electron chi connectivity index (χ0n) is 9.20. The summed E-state index contributed by atoms with van der Waals surface area (Å²) in [5.41, 5.74) is 0.313. The van der Waals surface area contributed by atoms with Crippen LogP contribution in [-0.2, 0) is 4.79 Å². The van der Waals surface area contributed by atoms with Crippen LogP contribution in [0.4, 0.5) is 14.5 Å². The molecule has 2 rings (SSSR count). The van der Waals surface area contributed by atoms with Gasteiger partial charge in [0.15, 0.2) is 0 Å². The molecule has 2 N–H and O–H groups in total. The number of hydrogen-bond acceptors (Lipinski definition) is 3. The number of nitrogens with zero attached hydrogens (tertiary/aromatic N) is 1. The minimum Gasteiger partial charge on any atom is -0.395 e. The van der Waals surface area contributed by atoms with Gasteiger partial charge in [-0.15, -0.1) is 0 Å². The first-order valence-corrected chi connectivity index (χ1v) is 5.18. The zero-order chi connectivity index (χ0) is 12.6. The lowest BCUT2D eigenvalue weighted by Gasteiger charge is -2.16. The van der Waals surface area contributed by atoms with E-state index in [4.69, 9.17) is 5.11 Å². The number of fused-ring (bicyclic) bond motifs is 1. The average Bonchev–Trinajstić information content (AvgIpc) is 2.53. The van der Waals surface area contributed by atoms with Crippen LogP contribution in [-0.4, -0.2) is 31.2 Å². The summed E-state index contributed by atoms with van der Waals surface area (Å²) < 4.78 is 26.8. The van der Waals surface area contributed by atoms with E-state index < -0.39 is 17.7 Å². The Morgan fingerprint density at radius 1 is 1.47 bits per heavy atom. The van der Waals surface area contributed by atoms with Gasteiger partial charge in [0.2, 0.25) is 5.91 Å². The van der Waals surface area contributed by atoms with E-state index in [9.17, 15) is 13.6 Å². The van der Waals surface area contributed by atoms with Gasteiger partial charge in [0, 0.05) is 18.2 Å². The van der Waals surface area contributed by atoms with Gasteiger partial charge in [-0.3, -0.25) is 4.79 Å². The van der Waals surface area contributed by atoms with Gasteiger partial charge < -0.3 is 15.3 Å². The lowest BCUT2D eigenvalue weighted by molar-refractivity contribution is -0.120. The number of carbonyl (C=O) groups is 1. The minimum absolute atomic E-state index is 0.0207. The van der Waals surface area contributed by atoms with Gasteiger partial charge in [-0.25, -0.2) is 8.78 Å². The second-order valence-corrected chi connectivity index (χ2v) is 3.76. The first kappa shape index (κ1) is 11.9. The Hall–Kier alpha value is -1.53. The summed E-state index contributed by atoms with van der Waals surface area (Å²) in [5, 5.41) is 11.5. The van der Waals surface area contributed by atoms with Gasteiger partial charge in [0.05, 0.1) is 12.3 Å². The average molecular weight is 242 g/mol. The SMILES string of the molecule is CNC1C(=O)N(CCO)c2cc(F)cc(F)c21. The molecule has 0 bridgehead atoms.